The van der Waals surface area contributed by atoms with Gasteiger partial charge in [-0.05, 0) is 38.0 Å². The number of hydrogen-bond donors (Lipinski definition) is 2. The van der Waals surface area contributed by atoms with E-state index in [1.165, 1.54) is 13.0 Å². The van der Waals surface area contributed by atoms with Crippen LogP contribution in [0.15, 0.2) is 6.07 Å². The molecule has 0 spiro atoms. The van der Waals surface area contributed by atoms with Crippen LogP contribution in [0, 0.1) is 13.8 Å². The summed E-state index contributed by atoms with van der Waals surface area (Å²) in [5, 5.41) is 18.1. The Hall–Kier alpha value is -2.04. The van der Waals surface area contributed by atoms with Crippen molar-refractivity contribution in [3.05, 3.63) is 28.3 Å². The first-order valence-electron chi connectivity index (χ1n) is 5.13. The zero-order chi connectivity index (χ0) is 13.2. The first-order valence-corrected chi connectivity index (χ1v) is 5.13. The second kappa shape index (κ2) is 4.86. The molecule has 0 fully saturated rings. The molecule has 0 aliphatic carbocycles. The van der Waals surface area contributed by atoms with Crippen LogP contribution in [0.1, 0.15) is 38.8 Å². The topological polar surface area (TPSA) is 83.8 Å². The highest BCUT2D eigenvalue weighted by atomic mass is 16.5. The lowest BCUT2D eigenvalue weighted by atomic mass is 9.97. The van der Waals surface area contributed by atoms with Crippen molar-refractivity contribution in [1.82, 2.24) is 0 Å². The summed E-state index contributed by atoms with van der Waals surface area (Å²) in [6, 6.07) is 1.43. The highest BCUT2D eigenvalue weighted by Gasteiger charge is 2.22. The molecule has 0 aromatic heterocycles. The summed E-state index contributed by atoms with van der Waals surface area (Å²) in [6.45, 7) is 5.16. The van der Waals surface area contributed by atoms with Crippen LogP contribution in [-0.2, 0) is 0 Å². The predicted molar refractivity (Wildman–Crippen MR) is 61.0 cm³/mol. The second-order valence-electron chi connectivity index (χ2n) is 3.61. The summed E-state index contributed by atoms with van der Waals surface area (Å²) in [7, 11) is 0. The molecule has 0 atom stereocenters. The minimum atomic E-state index is -1.18. The first kappa shape index (κ1) is 13.0. The van der Waals surface area contributed by atoms with Crippen LogP contribution < -0.4 is 4.74 Å². The Morgan fingerprint density at radius 1 is 1.24 bits per heavy atom. The maximum Gasteiger partial charge on any atom is 0.339 e. The number of aromatic carboxylic acids is 2. The summed E-state index contributed by atoms with van der Waals surface area (Å²) in [6.07, 6.45) is 0. The van der Waals surface area contributed by atoms with Crippen LogP contribution >= 0.6 is 0 Å². The molecule has 92 valence electrons. The van der Waals surface area contributed by atoms with E-state index in [0.29, 0.717) is 12.2 Å². The fourth-order valence-corrected chi connectivity index (χ4v) is 1.70. The average molecular weight is 238 g/mol. The Morgan fingerprint density at radius 3 is 2.24 bits per heavy atom. The average Bonchev–Trinajstić information content (AvgIpc) is 2.22. The predicted octanol–water partition coefficient (Wildman–Crippen LogP) is 2.10. The summed E-state index contributed by atoms with van der Waals surface area (Å²) in [5.74, 6) is -2.09. The molecule has 5 heteroatoms. The lowest BCUT2D eigenvalue weighted by Crippen LogP contribution is -2.11. The van der Waals surface area contributed by atoms with Crippen LogP contribution in [0.4, 0.5) is 0 Å². The Bertz CT molecular complexity index is 476. The zero-order valence-electron chi connectivity index (χ0n) is 9.90. The maximum atomic E-state index is 11.2. The van der Waals surface area contributed by atoms with Gasteiger partial charge in [0.05, 0.1) is 12.2 Å². The fraction of sp³-hybridized carbons (Fsp3) is 0.333. The van der Waals surface area contributed by atoms with E-state index in [2.05, 4.69) is 0 Å². The van der Waals surface area contributed by atoms with Gasteiger partial charge in [-0.3, -0.25) is 0 Å². The number of benzene rings is 1. The standard InChI is InChI=1S/C12H14O5/c1-4-17-10-6(2)5-8(11(13)14)7(3)9(10)12(15)16/h5H,4H2,1-3H3,(H,13,14)(H,15,16). The van der Waals surface area contributed by atoms with Crippen molar-refractivity contribution >= 4 is 11.9 Å². The lowest BCUT2D eigenvalue weighted by molar-refractivity contribution is 0.0691. The van der Waals surface area contributed by atoms with Gasteiger partial charge in [0.25, 0.3) is 0 Å². The highest BCUT2D eigenvalue weighted by molar-refractivity contribution is 5.99. The van der Waals surface area contributed by atoms with Crippen molar-refractivity contribution in [2.75, 3.05) is 6.61 Å². The van der Waals surface area contributed by atoms with Crippen molar-refractivity contribution in [2.45, 2.75) is 20.8 Å². The van der Waals surface area contributed by atoms with E-state index in [1.54, 1.807) is 13.8 Å². The van der Waals surface area contributed by atoms with Gasteiger partial charge in [0, 0.05) is 0 Å². The molecule has 0 saturated heterocycles. The number of carboxylic acids is 2. The quantitative estimate of drug-likeness (QED) is 0.839. The van der Waals surface area contributed by atoms with Crippen molar-refractivity contribution in [3.8, 4) is 5.75 Å². The Kier molecular flexibility index (Phi) is 3.73. The van der Waals surface area contributed by atoms with Crippen molar-refractivity contribution < 1.29 is 24.5 Å². The third-order valence-corrected chi connectivity index (χ3v) is 2.46. The van der Waals surface area contributed by atoms with Gasteiger partial charge >= 0.3 is 11.9 Å². The minimum Gasteiger partial charge on any atom is -0.493 e. The molecule has 0 aliphatic rings. The number of ether oxygens (including phenoxy) is 1. The van der Waals surface area contributed by atoms with Crippen molar-refractivity contribution in [1.29, 1.82) is 0 Å². The molecule has 0 aliphatic heterocycles. The van der Waals surface area contributed by atoms with Crippen LogP contribution in [0.3, 0.4) is 0 Å². The SMILES string of the molecule is CCOc1c(C)cc(C(=O)O)c(C)c1C(=O)O. The molecular weight excluding hydrogens is 224 g/mol. The van der Waals surface area contributed by atoms with Crippen LogP contribution in [0.2, 0.25) is 0 Å². The van der Waals surface area contributed by atoms with Crippen molar-refractivity contribution in [2.24, 2.45) is 0 Å². The molecule has 1 aromatic rings. The summed E-state index contributed by atoms with van der Waals surface area (Å²) >= 11 is 0. The van der Waals surface area contributed by atoms with Crippen LogP contribution in [0.25, 0.3) is 0 Å². The summed E-state index contributed by atoms with van der Waals surface area (Å²) in [4.78, 5) is 22.2. The number of carboxylic acid groups (broad SMARTS) is 2. The monoisotopic (exact) mass is 238 g/mol. The zero-order valence-corrected chi connectivity index (χ0v) is 9.90. The van der Waals surface area contributed by atoms with Crippen LogP contribution in [-0.4, -0.2) is 28.8 Å². The molecule has 0 heterocycles. The van der Waals surface area contributed by atoms with Gasteiger partial charge < -0.3 is 14.9 Å². The van der Waals surface area contributed by atoms with Gasteiger partial charge in [0.2, 0.25) is 0 Å². The first-order chi connectivity index (χ1) is 7.90. The third kappa shape index (κ3) is 2.38. The molecule has 1 aromatic carbocycles. The van der Waals surface area contributed by atoms with Gasteiger partial charge in [-0.1, -0.05) is 0 Å². The number of aryl methyl sites for hydroxylation is 1. The maximum absolute atomic E-state index is 11.2. The molecule has 0 bridgehead atoms. The molecule has 0 radical (unpaired) electrons. The van der Waals surface area contributed by atoms with Crippen LogP contribution in [0.5, 0.6) is 5.75 Å². The van der Waals surface area contributed by atoms with Crippen molar-refractivity contribution in [3.63, 3.8) is 0 Å². The molecule has 2 N–H and O–H groups in total. The van der Waals surface area contributed by atoms with E-state index in [0.717, 1.165) is 0 Å². The van der Waals surface area contributed by atoms with E-state index in [1.807, 2.05) is 0 Å². The second-order valence-corrected chi connectivity index (χ2v) is 3.61. The van der Waals surface area contributed by atoms with E-state index < -0.39 is 11.9 Å². The fourth-order valence-electron chi connectivity index (χ4n) is 1.70. The van der Waals surface area contributed by atoms with E-state index in [9.17, 15) is 9.59 Å². The Balaban J connectivity index is 3.59. The smallest absolute Gasteiger partial charge is 0.339 e. The molecule has 1 rings (SSSR count). The number of rotatable bonds is 4. The normalized spacial score (nSPS) is 10.1. The molecule has 0 saturated carbocycles. The molecule has 0 unspecified atom stereocenters. The van der Waals surface area contributed by atoms with Gasteiger partial charge in [-0.15, -0.1) is 0 Å². The van der Waals surface area contributed by atoms with E-state index >= 15 is 0 Å². The molecule has 5 nitrogen and oxygen atoms in total. The summed E-state index contributed by atoms with van der Waals surface area (Å²) < 4.78 is 5.27. The Labute approximate surface area is 98.6 Å². The summed E-state index contributed by atoms with van der Waals surface area (Å²) in [5.41, 5.74) is 0.624. The van der Waals surface area contributed by atoms with Gasteiger partial charge in [-0.2, -0.15) is 0 Å². The van der Waals surface area contributed by atoms with E-state index in [-0.39, 0.29) is 22.4 Å². The van der Waals surface area contributed by atoms with Gasteiger partial charge in [0.1, 0.15) is 11.3 Å². The molecule has 0 amide bonds. The Morgan fingerprint density at radius 2 is 1.82 bits per heavy atom. The molecule has 17 heavy (non-hydrogen) atoms. The minimum absolute atomic E-state index is 0.0108. The van der Waals surface area contributed by atoms with E-state index in [4.69, 9.17) is 14.9 Å². The number of hydrogen-bond acceptors (Lipinski definition) is 3. The largest absolute Gasteiger partial charge is 0.493 e. The highest BCUT2D eigenvalue weighted by Crippen LogP contribution is 2.29. The van der Waals surface area contributed by atoms with Gasteiger partial charge in [-0.25, -0.2) is 9.59 Å². The number of carbonyl (C=O) groups is 2. The molecular formula is C12H14O5. The van der Waals surface area contributed by atoms with Gasteiger partial charge in [0.15, 0.2) is 0 Å². The lowest BCUT2D eigenvalue weighted by Gasteiger charge is -2.14. The third-order valence-electron chi connectivity index (χ3n) is 2.46.